The zero-order chi connectivity index (χ0) is 21.3. The summed E-state index contributed by atoms with van der Waals surface area (Å²) in [5.74, 6) is 1.59. The molecule has 2 heterocycles. The fourth-order valence-corrected chi connectivity index (χ4v) is 3.55. The van der Waals surface area contributed by atoms with Gasteiger partial charge in [-0.3, -0.25) is 9.79 Å². The van der Waals surface area contributed by atoms with Gasteiger partial charge >= 0.3 is 0 Å². The second-order valence-electron chi connectivity index (χ2n) is 7.63. The van der Waals surface area contributed by atoms with Crippen LogP contribution in [0.25, 0.3) is 16.3 Å². The van der Waals surface area contributed by atoms with Crippen LogP contribution in [0, 0.1) is 5.92 Å². The molecule has 1 aromatic carbocycles. The van der Waals surface area contributed by atoms with Gasteiger partial charge in [-0.15, -0.1) is 0 Å². The maximum Gasteiger partial charge on any atom is 0.258 e. The van der Waals surface area contributed by atoms with Crippen molar-refractivity contribution in [2.45, 2.75) is 18.9 Å². The van der Waals surface area contributed by atoms with Crippen LogP contribution in [0.15, 0.2) is 57.3 Å². The average Bonchev–Trinajstić information content (AvgIpc) is 3.58. The van der Waals surface area contributed by atoms with Crippen LogP contribution >= 0.6 is 0 Å². The summed E-state index contributed by atoms with van der Waals surface area (Å²) in [6.45, 7) is 0.654. The number of guanidine groups is 1. The Balaban J connectivity index is 1.87. The van der Waals surface area contributed by atoms with Crippen LogP contribution in [0.2, 0.25) is 0 Å². The lowest BCUT2D eigenvalue weighted by atomic mass is 9.96. The number of nitrogens with one attached hydrogen (secondary N) is 1. The molecular weight excluding hydrogens is 380 g/mol. The van der Waals surface area contributed by atoms with Gasteiger partial charge in [-0.25, -0.2) is 4.99 Å². The fraction of sp³-hybridized carbons (Fsp3) is 0.318. The number of rotatable bonds is 6. The van der Waals surface area contributed by atoms with Gasteiger partial charge in [-0.1, -0.05) is 6.07 Å². The number of pyridine rings is 1. The van der Waals surface area contributed by atoms with Gasteiger partial charge < -0.3 is 26.1 Å². The largest absolute Gasteiger partial charge is 0.493 e. The first kappa shape index (κ1) is 19.8. The maximum absolute atomic E-state index is 12.8. The summed E-state index contributed by atoms with van der Waals surface area (Å²) >= 11 is 0. The minimum absolute atomic E-state index is 0.0851. The predicted molar refractivity (Wildman–Crippen MR) is 120 cm³/mol. The maximum atomic E-state index is 12.8. The van der Waals surface area contributed by atoms with E-state index >= 15 is 0 Å². The number of benzene rings is 1. The summed E-state index contributed by atoms with van der Waals surface area (Å²) in [6, 6.07) is 5.18. The molecule has 8 nitrogen and oxygen atoms in total. The van der Waals surface area contributed by atoms with Gasteiger partial charge in [0.05, 0.1) is 6.61 Å². The molecule has 156 valence electrons. The zero-order valence-electron chi connectivity index (χ0n) is 17.1. The van der Waals surface area contributed by atoms with E-state index in [0.29, 0.717) is 29.6 Å². The Morgan fingerprint density at radius 1 is 1.40 bits per heavy atom. The number of allylic oxidation sites excluding steroid dienone is 1. The summed E-state index contributed by atoms with van der Waals surface area (Å²) in [4.78, 5) is 21.4. The second-order valence-corrected chi connectivity index (χ2v) is 7.63. The predicted octanol–water partition coefficient (Wildman–Crippen LogP) is 1.77. The molecule has 0 bridgehead atoms. The molecule has 0 saturated heterocycles. The van der Waals surface area contributed by atoms with Gasteiger partial charge in [0.15, 0.2) is 5.96 Å². The van der Waals surface area contributed by atoms with Crippen molar-refractivity contribution >= 4 is 28.5 Å². The van der Waals surface area contributed by atoms with E-state index in [9.17, 15) is 4.79 Å². The van der Waals surface area contributed by atoms with E-state index in [0.717, 1.165) is 22.1 Å². The lowest BCUT2D eigenvalue weighted by molar-refractivity contribution is 0.179. The van der Waals surface area contributed by atoms with Crippen LogP contribution in [-0.2, 0) is 11.8 Å². The molecule has 1 saturated carbocycles. The summed E-state index contributed by atoms with van der Waals surface area (Å²) in [5, 5.41) is 4.31. The number of aromatic nitrogens is 1. The Morgan fingerprint density at radius 2 is 2.20 bits per heavy atom. The Hall–Kier alpha value is -3.55. The van der Waals surface area contributed by atoms with Crippen LogP contribution in [0.1, 0.15) is 30.0 Å². The minimum Gasteiger partial charge on any atom is -0.493 e. The number of nitrogens with two attached hydrogens (primary N) is 2. The highest BCUT2D eigenvalue weighted by atomic mass is 16.5. The minimum atomic E-state index is -0.445. The molecule has 1 fully saturated rings. The standard InChI is InChI=1S/C22H26N6O2/c1-25-9-15(8-23)14-5-6-16-17(7-14)18(11-28(2)21(16)29)20-19(10-26-22(24)27-20)30-12-13-3-4-13/h5-11,13,20H,3-4,12,23H2,1-2H3,(H3,24,26,27). The van der Waals surface area contributed by atoms with Crippen LogP contribution in [0.4, 0.5) is 0 Å². The Labute approximate surface area is 174 Å². The summed E-state index contributed by atoms with van der Waals surface area (Å²) in [6.07, 6.45) is 9.12. The lowest BCUT2D eigenvalue weighted by Crippen LogP contribution is -2.33. The first-order chi connectivity index (χ1) is 14.5. The molecule has 0 amide bonds. The number of nitrogens with zero attached hydrogens (tertiary/aromatic N) is 3. The third-order valence-electron chi connectivity index (χ3n) is 5.37. The van der Waals surface area contributed by atoms with Gasteiger partial charge in [0, 0.05) is 55.4 Å². The van der Waals surface area contributed by atoms with E-state index in [1.807, 2.05) is 18.2 Å². The number of aliphatic imine (C=N–C) groups is 2. The fourth-order valence-electron chi connectivity index (χ4n) is 3.55. The molecule has 5 N–H and O–H groups in total. The average molecular weight is 406 g/mol. The van der Waals surface area contributed by atoms with Crippen LogP contribution in [0.3, 0.4) is 0 Å². The van der Waals surface area contributed by atoms with Crippen molar-refractivity contribution in [3.63, 3.8) is 0 Å². The van der Waals surface area contributed by atoms with Crippen LogP contribution in [0.5, 0.6) is 0 Å². The highest BCUT2D eigenvalue weighted by molar-refractivity contribution is 6.10. The van der Waals surface area contributed by atoms with Gasteiger partial charge in [-0.05, 0) is 41.8 Å². The smallest absolute Gasteiger partial charge is 0.258 e. The molecule has 2 aromatic rings. The van der Waals surface area contributed by atoms with E-state index in [1.165, 1.54) is 19.0 Å². The summed E-state index contributed by atoms with van der Waals surface area (Å²) < 4.78 is 7.64. The number of hydrogen-bond acceptors (Lipinski definition) is 7. The van der Waals surface area contributed by atoms with Crippen LogP contribution in [-0.4, -0.2) is 30.4 Å². The Kier molecular flexibility index (Phi) is 5.31. The molecule has 1 unspecified atom stereocenters. The van der Waals surface area contributed by atoms with Crippen molar-refractivity contribution in [1.29, 1.82) is 0 Å². The van der Waals surface area contributed by atoms with Gasteiger partial charge in [-0.2, -0.15) is 0 Å². The van der Waals surface area contributed by atoms with E-state index in [2.05, 4.69) is 15.3 Å². The number of aryl methyl sites for hydroxylation is 1. The van der Waals surface area contributed by atoms with Crippen LogP contribution < -0.4 is 22.3 Å². The summed E-state index contributed by atoms with van der Waals surface area (Å²) in [5.41, 5.74) is 14.1. The van der Waals surface area contributed by atoms with Crippen molar-refractivity contribution < 1.29 is 4.74 Å². The number of ether oxygens (including phenoxy) is 1. The molecule has 1 atom stereocenters. The quantitative estimate of drug-likeness (QED) is 0.632. The molecule has 1 aliphatic heterocycles. The molecule has 30 heavy (non-hydrogen) atoms. The normalized spacial score (nSPS) is 19.5. The number of hydrogen-bond donors (Lipinski definition) is 3. The monoisotopic (exact) mass is 406 g/mol. The summed E-state index contributed by atoms with van der Waals surface area (Å²) in [7, 11) is 3.42. The third kappa shape index (κ3) is 3.80. The third-order valence-corrected chi connectivity index (χ3v) is 5.37. The molecule has 0 radical (unpaired) electrons. The molecule has 0 spiro atoms. The zero-order valence-corrected chi connectivity index (χ0v) is 17.1. The molecular formula is C22H26N6O2. The van der Waals surface area contributed by atoms with E-state index in [1.54, 1.807) is 37.3 Å². The molecule has 1 aromatic heterocycles. The van der Waals surface area contributed by atoms with Crippen molar-refractivity contribution in [3.05, 3.63) is 64.0 Å². The van der Waals surface area contributed by atoms with Crippen molar-refractivity contribution in [2.24, 2.45) is 34.4 Å². The van der Waals surface area contributed by atoms with Gasteiger partial charge in [0.25, 0.3) is 5.56 Å². The first-order valence-corrected chi connectivity index (χ1v) is 9.92. The molecule has 1 aliphatic carbocycles. The Morgan fingerprint density at radius 3 is 2.90 bits per heavy atom. The highest BCUT2D eigenvalue weighted by Gasteiger charge is 2.28. The van der Waals surface area contributed by atoms with E-state index in [4.69, 9.17) is 16.2 Å². The van der Waals surface area contributed by atoms with E-state index in [-0.39, 0.29) is 5.56 Å². The molecule has 4 rings (SSSR count). The van der Waals surface area contributed by atoms with Crippen molar-refractivity contribution in [3.8, 4) is 0 Å². The van der Waals surface area contributed by atoms with Crippen molar-refractivity contribution in [1.82, 2.24) is 9.88 Å². The Bertz CT molecular complexity index is 1150. The highest BCUT2D eigenvalue weighted by Crippen LogP contribution is 2.36. The van der Waals surface area contributed by atoms with Gasteiger partial charge in [0.2, 0.25) is 0 Å². The van der Waals surface area contributed by atoms with E-state index < -0.39 is 6.04 Å². The molecule has 8 heteroatoms. The lowest BCUT2D eigenvalue weighted by Gasteiger charge is -2.24. The van der Waals surface area contributed by atoms with Gasteiger partial charge in [0.1, 0.15) is 11.8 Å². The SMILES string of the molecule is CN=CC(=CN)c1ccc2c(=O)n(C)cc(C3N=C(N)NC=C3OCC3CC3)c2c1. The number of fused-ring (bicyclic) bond motifs is 1. The van der Waals surface area contributed by atoms with Crippen molar-refractivity contribution in [2.75, 3.05) is 13.7 Å². The topological polar surface area (TPSA) is 120 Å². The molecule has 2 aliphatic rings. The first-order valence-electron chi connectivity index (χ1n) is 9.92. The second kappa shape index (κ2) is 8.06.